The molecule has 0 unspecified atom stereocenters. The Bertz CT molecular complexity index is 1280. The Morgan fingerprint density at radius 3 is 2.73 bits per heavy atom. The first-order chi connectivity index (χ1) is 14.3. The summed E-state index contributed by atoms with van der Waals surface area (Å²) < 4.78 is 31.5. The average Bonchev–Trinajstić information content (AvgIpc) is 2.74. The van der Waals surface area contributed by atoms with Crippen molar-refractivity contribution in [3.63, 3.8) is 0 Å². The predicted octanol–water partition coefficient (Wildman–Crippen LogP) is 3.73. The van der Waals surface area contributed by atoms with Gasteiger partial charge in [0.05, 0.1) is 5.75 Å². The molecule has 0 saturated heterocycles. The first kappa shape index (κ1) is 20.6. The molecule has 7 heteroatoms. The van der Waals surface area contributed by atoms with Gasteiger partial charge >= 0.3 is 5.63 Å². The third-order valence-electron chi connectivity index (χ3n) is 5.98. The quantitative estimate of drug-likeness (QED) is 0.629. The summed E-state index contributed by atoms with van der Waals surface area (Å²) in [7, 11) is -3.20. The maximum absolute atomic E-state index is 12.2. The topological polar surface area (TPSA) is 79.6 Å². The number of hydrogen-bond donors (Lipinski definition) is 1. The molecule has 3 aromatic rings. The Morgan fingerprint density at radius 2 is 1.97 bits per heavy atom. The van der Waals surface area contributed by atoms with Crippen LogP contribution in [0.15, 0.2) is 45.6 Å². The Kier molecular flexibility index (Phi) is 5.42. The molecule has 1 N–H and O–H groups in total. The molecule has 2 heterocycles. The van der Waals surface area contributed by atoms with Gasteiger partial charge in [-0.3, -0.25) is 0 Å². The van der Waals surface area contributed by atoms with Gasteiger partial charge in [-0.05, 0) is 61.1 Å². The van der Waals surface area contributed by atoms with E-state index in [-0.39, 0.29) is 11.4 Å². The van der Waals surface area contributed by atoms with Gasteiger partial charge in [-0.25, -0.2) is 13.2 Å². The molecule has 4 rings (SSSR count). The number of aryl methyl sites for hydroxylation is 2. The zero-order chi connectivity index (χ0) is 21.5. The van der Waals surface area contributed by atoms with Crippen molar-refractivity contribution in [3.8, 4) is 0 Å². The number of hydrogen-bond acceptors (Lipinski definition) is 5. The van der Waals surface area contributed by atoms with E-state index in [1.165, 1.54) is 6.07 Å². The molecule has 2 aromatic carbocycles. The molecule has 0 atom stereocenters. The van der Waals surface area contributed by atoms with Crippen molar-refractivity contribution >= 4 is 26.7 Å². The van der Waals surface area contributed by atoms with Gasteiger partial charge in [0.1, 0.15) is 5.58 Å². The molecule has 6 nitrogen and oxygen atoms in total. The van der Waals surface area contributed by atoms with Crippen molar-refractivity contribution in [3.05, 3.63) is 74.6 Å². The summed E-state index contributed by atoms with van der Waals surface area (Å²) in [5, 5.41) is 4.39. The Hall–Kier alpha value is -2.64. The second-order valence-electron chi connectivity index (χ2n) is 7.76. The van der Waals surface area contributed by atoms with Crippen LogP contribution < -0.4 is 10.9 Å². The van der Waals surface area contributed by atoms with E-state index in [2.05, 4.69) is 5.32 Å². The lowest BCUT2D eigenvalue weighted by atomic mass is 9.98. The molecule has 1 aromatic heterocycles. The van der Waals surface area contributed by atoms with Gasteiger partial charge < -0.3 is 9.73 Å². The van der Waals surface area contributed by atoms with E-state index in [9.17, 15) is 13.2 Å². The van der Waals surface area contributed by atoms with Gasteiger partial charge in [0, 0.05) is 36.8 Å². The fourth-order valence-electron chi connectivity index (χ4n) is 4.03. The summed E-state index contributed by atoms with van der Waals surface area (Å²) in [6, 6.07) is 11.5. The van der Waals surface area contributed by atoms with Crippen LogP contribution in [-0.2, 0) is 29.5 Å². The number of sulfonamides is 1. The molecule has 0 spiro atoms. The number of benzene rings is 2. The predicted molar refractivity (Wildman–Crippen MR) is 119 cm³/mol. The monoisotopic (exact) mass is 426 g/mol. The number of anilines is 1. The van der Waals surface area contributed by atoms with Crippen LogP contribution in [0.5, 0.6) is 0 Å². The lowest BCUT2D eigenvalue weighted by Gasteiger charge is -2.29. The van der Waals surface area contributed by atoms with Crippen LogP contribution in [0.25, 0.3) is 11.0 Å². The fraction of sp³-hybridized carbons (Fsp3) is 0.348. The van der Waals surface area contributed by atoms with Crippen LogP contribution in [0.3, 0.4) is 0 Å². The van der Waals surface area contributed by atoms with Gasteiger partial charge in [0.15, 0.2) is 0 Å². The second-order valence-corrected chi connectivity index (χ2v) is 10.0. The van der Waals surface area contributed by atoms with Gasteiger partial charge in [0.2, 0.25) is 10.0 Å². The molecule has 1 aliphatic heterocycles. The molecule has 158 valence electrons. The summed E-state index contributed by atoms with van der Waals surface area (Å²) in [5.74, 6) is 0.114. The molecule has 0 aliphatic carbocycles. The van der Waals surface area contributed by atoms with Crippen molar-refractivity contribution in [2.24, 2.45) is 0 Å². The van der Waals surface area contributed by atoms with E-state index in [1.807, 2.05) is 44.2 Å². The third-order valence-corrected chi connectivity index (χ3v) is 7.80. The van der Waals surface area contributed by atoms with Crippen LogP contribution in [0.4, 0.5) is 5.69 Å². The number of fused-ring (bicyclic) bond motifs is 2. The maximum Gasteiger partial charge on any atom is 0.336 e. The number of rotatable bonds is 5. The van der Waals surface area contributed by atoms with E-state index in [1.54, 1.807) is 11.2 Å². The van der Waals surface area contributed by atoms with Gasteiger partial charge in [-0.15, -0.1) is 0 Å². The van der Waals surface area contributed by atoms with Crippen LogP contribution in [0, 0.1) is 13.8 Å². The zero-order valence-electron chi connectivity index (χ0n) is 17.5. The van der Waals surface area contributed by atoms with Gasteiger partial charge in [-0.1, -0.05) is 24.3 Å². The van der Waals surface area contributed by atoms with Crippen molar-refractivity contribution < 1.29 is 12.8 Å². The highest BCUT2D eigenvalue weighted by atomic mass is 32.2. The van der Waals surface area contributed by atoms with Crippen LogP contribution in [0.2, 0.25) is 0 Å². The highest BCUT2D eigenvalue weighted by molar-refractivity contribution is 7.89. The van der Waals surface area contributed by atoms with E-state index < -0.39 is 10.0 Å². The molecule has 0 saturated carbocycles. The average molecular weight is 427 g/mol. The molecule has 1 aliphatic rings. The van der Waals surface area contributed by atoms with Crippen LogP contribution >= 0.6 is 0 Å². The van der Waals surface area contributed by atoms with Crippen LogP contribution in [-0.4, -0.2) is 25.0 Å². The molecule has 0 amide bonds. The van der Waals surface area contributed by atoms with E-state index >= 15 is 0 Å². The summed E-state index contributed by atoms with van der Waals surface area (Å²) in [4.78, 5) is 12.1. The minimum Gasteiger partial charge on any atom is -0.422 e. The van der Waals surface area contributed by atoms with E-state index in [0.717, 1.165) is 38.9 Å². The molecular weight excluding hydrogens is 400 g/mol. The Labute approximate surface area is 176 Å². The highest BCUT2D eigenvalue weighted by Gasteiger charge is 2.26. The highest BCUT2D eigenvalue weighted by Crippen LogP contribution is 2.29. The number of nitrogens with one attached hydrogen (secondary N) is 1. The number of nitrogens with zero attached hydrogens (tertiary/aromatic N) is 1. The third kappa shape index (κ3) is 3.75. The largest absolute Gasteiger partial charge is 0.422 e. The summed E-state index contributed by atoms with van der Waals surface area (Å²) >= 11 is 0. The second kappa shape index (κ2) is 7.89. The van der Waals surface area contributed by atoms with Crippen molar-refractivity contribution in [2.45, 2.75) is 40.3 Å². The Morgan fingerprint density at radius 1 is 1.17 bits per heavy atom. The first-order valence-corrected chi connectivity index (χ1v) is 11.8. The van der Waals surface area contributed by atoms with Crippen molar-refractivity contribution in [1.82, 2.24) is 4.31 Å². The summed E-state index contributed by atoms with van der Waals surface area (Å²) in [5.41, 5.74) is 6.35. The molecule has 0 bridgehead atoms. The molecule has 30 heavy (non-hydrogen) atoms. The minimum atomic E-state index is -3.20. The minimum absolute atomic E-state index is 0.114. The van der Waals surface area contributed by atoms with Crippen molar-refractivity contribution in [2.75, 3.05) is 17.6 Å². The molecular formula is C23H26N2O4S. The lowest BCUT2D eigenvalue weighted by Crippen LogP contribution is -2.37. The van der Waals surface area contributed by atoms with Crippen LogP contribution in [0.1, 0.15) is 34.7 Å². The van der Waals surface area contributed by atoms with E-state index in [0.29, 0.717) is 31.6 Å². The van der Waals surface area contributed by atoms with E-state index in [4.69, 9.17) is 4.42 Å². The first-order valence-electron chi connectivity index (χ1n) is 10.2. The van der Waals surface area contributed by atoms with Gasteiger partial charge in [0.25, 0.3) is 0 Å². The smallest absolute Gasteiger partial charge is 0.336 e. The maximum atomic E-state index is 12.2. The summed E-state index contributed by atoms with van der Waals surface area (Å²) in [6.07, 6.45) is 0.660. The lowest BCUT2D eigenvalue weighted by molar-refractivity contribution is 0.392. The summed E-state index contributed by atoms with van der Waals surface area (Å²) in [6.45, 7) is 7.00. The fourth-order valence-corrected chi connectivity index (χ4v) is 5.10. The molecule has 0 radical (unpaired) electrons. The Balaban J connectivity index is 1.63. The SMILES string of the molecule is CCS(=O)(=O)N1CCc2c(cccc2NCc2cc(=O)oc3c(C)c(C)ccc23)C1. The van der Waals surface area contributed by atoms with Crippen molar-refractivity contribution in [1.29, 1.82) is 0 Å². The van der Waals surface area contributed by atoms with Gasteiger partial charge in [-0.2, -0.15) is 4.31 Å². The molecule has 0 fully saturated rings. The zero-order valence-corrected chi connectivity index (χ0v) is 18.3. The standard InChI is InChI=1S/C23H26N2O4S/c1-4-30(27,28)25-11-10-19-17(14-25)6-5-7-21(19)24-13-18-12-22(26)29-23-16(3)15(2)8-9-20(18)23/h5-9,12,24H,4,10-11,13-14H2,1-3H3. The normalized spacial score (nSPS) is 14.6.